The van der Waals surface area contributed by atoms with E-state index < -0.39 is 0 Å². The number of benzene rings is 1. The summed E-state index contributed by atoms with van der Waals surface area (Å²) in [4.78, 5) is 2.25. The SMILES string of the molecule is Cc1ccc2c(c1)CC(CCN(C)C)=C2C(C)n1ccnn1. The fraction of sp³-hybridized carbons (Fsp3) is 0.444. The molecule has 1 heterocycles. The lowest BCUT2D eigenvalue weighted by Gasteiger charge is -2.18. The summed E-state index contributed by atoms with van der Waals surface area (Å²) in [5, 5.41) is 8.17. The normalized spacial score (nSPS) is 15.5. The third-order valence-corrected chi connectivity index (χ3v) is 4.45. The smallest absolute Gasteiger partial charge is 0.0763 e. The molecule has 22 heavy (non-hydrogen) atoms. The van der Waals surface area contributed by atoms with Crippen LogP contribution >= 0.6 is 0 Å². The standard InChI is InChI=1S/C18H24N4/c1-13-5-6-17-16(11-13)12-15(7-9-21(3)4)18(17)14(2)22-10-8-19-20-22/h5-6,8,10-11,14H,7,9,12H2,1-4H3. The Labute approximate surface area is 132 Å². The number of rotatable bonds is 5. The van der Waals surface area contributed by atoms with Gasteiger partial charge in [0.2, 0.25) is 0 Å². The van der Waals surface area contributed by atoms with E-state index in [1.165, 1.54) is 27.8 Å². The molecule has 0 bridgehead atoms. The van der Waals surface area contributed by atoms with Crippen LogP contribution in [0.15, 0.2) is 36.2 Å². The second kappa shape index (κ2) is 6.05. The minimum atomic E-state index is 0.226. The van der Waals surface area contributed by atoms with Crippen molar-refractivity contribution in [2.75, 3.05) is 20.6 Å². The number of allylic oxidation sites excluding steroid dienone is 1. The van der Waals surface area contributed by atoms with Crippen molar-refractivity contribution in [1.82, 2.24) is 19.9 Å². The molecule has 1 aliphatic carbocycles. The van der Waals surface area contributed by atoms with Gasteiger partial charge in [-0.2, -0.15) is 0 Å². The molecular weight excluding hydrogens is 272 g/mol. The fourth-order valence-corrected chi connectivity index (χ4v) is 3.31. The number of hydrogen-bond donors (Lipinski definition) is 0. The van der Waals surface area contributed by atoms with Crippen molar-refractivity contribution in [2.24, 2.45) is 0 Å². The summed E-state index contributed by atoms with van der Waals surface area (Å²) in [5.41, 5.74) is 7.15. The molecule has 1 aromatic heterocycles. The van der Waals surface area contributed by atoms with Gasteiger partial charge < -0.3 is 4.90 Å². The number of hydrogen-bond acceptors (Lipinski definition) is 3. The molecule has 1 aromatic carbocycles. The van der Waals surface area contributed by atoms with Crippen LogP contribution in [0.3, 0.4) is 0 Å². The van der Waals surface area contributed by atoms with Crippen molar-refractivity contribution in [3.8, 4) is 0 Å². The van der Waals surface area contributed by atoms with Crippen LogP contribution in [-0.2, 0) is 6.42 Å². The highest BCUT2D eigenvalue weighted by atomic mass is 15.4. The minimum absolute atomic E-state index is 0.226. The molecule has 4 nitrogen and oxygen atoms in total. The molecule has 0 saturated carbocycles. The number of aryl methyl sites for hydroxylation is 1. The van der Waals surface area contributed by atoms with E-state index in [0.29, 0.717) is 0 Å². The van der Waals surface area contributed by atoms with Gasteiger partial charge in [0.15, 0.2) is 0 Å². The van der Waals surface area contributed by atoms with Gasteiger partial charge in [-0.25, -0.2) is 4.68 Å². The maximum Gasteiger partial charge on any atom is 0.0763 e. The first-order chi connectivity index (χ1) is 10.6. The van der Waals surface area contributed by atoms with Gasteiger partial charge in [-0.05, 0) is 57.5 Å². The summed E-state index contributed by atoms with van der Waals surface area (Å²) >= 11 is 0. The predicted octanol–water partition coefficient (Wildman–Crippen LogP) is 3.11. The van der Waals surface area contributed by atoms with Gasteiger partial charge in [0.1, 0.15) is 0 Å². The summed E-state index contributed by atoms with van der Waals surface area (Å²) in [6.45, 7) is 5.46. The molecule has 1 unspecified atom stereocenters. The molecule has 1 aliphatic rings. The second-order valence-electron chi connectivity index (χ2n) is 6.47. The van der Waals surface area contributed by atoms with Crippen molar-refractivity contribution in [2.45, 2.75) is 32.7 Å². The van der Waals surface area contributed by atoms with E-state index in [1.54, 1.807) is 6.20 Å². The largest absolute Gasteiger partial charge is 0.309 e. The van der Waals surface area contributed by atoms with Crippen molar-refractivity contribution in [3.63, 3.8) is 0 Å². The lowest BCUT2D eigenvalue weighted by Crippen LogP contribution is -2.15. The Morgan fingerprint density at radius 1 is 1.32 bits per heavy atom. The van der Waals surface area contributed by atoms with Crippen LogP contribution in [0, 0.1) is 6.92 Å². The van der Waals surface area contributed by atoms with Crippen LogP contribution in [0.5, 0.6) is 0 Å². The highest BCUT2D eigenvalue weighted by Gasteiger charge is 2.26. The second-order valence-corrected chi connectivity index (χ2v) is 6.47. The van der Waals surface area contributed by atoms with E-state index in [-0.39, 0.29) is 6.04 Å². The van der Waals surface area contributed by atoms with Crippen LogP contribution in [-0.4, -0.2) is 40.5 Å². The lowest BCUT2D eigenvalue weighted by atomic mass is 9.97. The molecule has 2 aromatic rings. The van der Waals surface area contributed by atoms with E-state index in [1.807, 2.05) is 10.9 Å². The van der Waals surface area contributed by atoms with Crippen LogP contribution in [0.1, 0.15) is 36.1 Å². The Kier molecular flexibility index (Phi) is 4.12. The Bertz CT molecular complexity index is 683. The summed E-state index contributed by atoms with van der Waals surface area (Å²) in [5.74, 6) is 0. The van der Waals surface area contributed by atoms with Crippen molar-refractivity contribution >= 4 is 5.57 Å². The Morgan fingerprint density at radius 3 is 2.82 bits per heavy atom. The Hall–Kier alpha value is -1.94. The van der Waals surface area contributed by atoms with Crippen LogP contribution < -0.4 is 0 Å². The third kappa shape index (κ3) is 2.83. The zero-order valence-electron chi connectivity index (χ0n) is 13.9. The Morgan fingerprint density at radius 2 is 2.14 bits per heavy atom. The maximum atomic E-state index is 4.20. The molecule has 116 valence electrons. The maximum absolute atomic E-state index is 4.20. The number of fused-ring (bicyclic) bond motifs is 1. The van der Waals surface area contributed by atoms with E-state index in [0.717, 1.165) is 19.4 Å². The summed E-state index contributed by atoms with van der Waals surface area (Å²) in [6, 6.07) is 7.04. The molecule has 3 rings (SSSR count). The minimum Gasteiger partial charge on any atom is -0.309 e. The fourth-order valence-electron chi connectivity index (χ4n) is 3.31. The summed E-state index contributed by atoms with van der Waals surface area (Å²) in [7, 11) is 4.26. The molecule has 4 heteroatoms. The summed E-state index contributed by atoms with van der Waals surface area (Å²) in [6.07, 6.45) is 5.88. The van der Waals surface area contributed by atoms with Crippen LogP contribution in [0.2, 0.25) is 0 Å². The molecule has 0 aliphatic heterocycles. The van der Waals surface area contributed by atoms with Gasteiger partial charge in [0.25, 0.3) is 0 Å². The average Bonchev–Trinajstić information content (AvgIpc) is 3.11. The zero-order chi connectivity index (χ0) is 15.7. The average molecular weight is 296 g/mol. The first kappa shape index (κ1) is 15.0. The monoisotopic (exact) mass is 296 g/mol. The van der Waals surface area contributed by atoms with Crippen molar-refractivity contribution < 1.29 is 0 Å². The third-order valence-electron chi connectivity index (χ3n) is 4.45. The van der Waals surface area contributed by atoms with E-state index >= 15 is 0 Å². The van der Waals surface area contributed by atoms with E-state index in [2.05, 4.69) is 61.4 Å². The van der Waals surface area contributed by atoms with Gasteiger partial charge >= 0.3 is 0 Å². The Balaban J connectivity index is 1.99. The molecule has 0 N–H and O–H groups in total. The van der Waals surface area contributed by atoms with Crippen LogP contribution in [0.4, 0.5) is 0 Å². The van der Waals surface area contributed by atoms with Crippen molar-refractivity contribution in [3.05, 3.63) is 52.9 Å². The molecular formula is C18H24N4. The summed E-state index contributed by atoms with van der Waals surface area (Å²) < 4.78 is 1.96. The van der Waals surface area contributed by atoms with Gasteiger partial charge in [0, 0.05) is 12.7 Å². The predicted molar refractivity (Wildman–Crippen MR) is 89.7 cm³/mol. The number of aromatic nitrogens is 3. The van der Waals surface area contributed by atoms with Gasteiger partial charge in [-0.15, -0.1) is 5.10 Å². The lowest BCUT2D eigenvalue weighted by molar-refractivity contribution is 0.412. The number of nitrogens with zero attached hydrogens (tertiary/aromatic N) is 4. The van der Waals surface area contributed by atoms with Gasteiger partial charge in [-0.1, -0.05) is 34.5 Å². The van der Waals surface area contributed by atoms with Gasteiger partial charge in [0.05, 0.1) is 12.2 Å². The van der Waals surface area contributed by atoms with E-state index in [9.17, 15) is 0 Å². The highest BCUT2D eigenvalue weighted by Crippen LogP contribution is 2.41. The molecule has 0 fully saturated rings. The first-order valence-electron chi connectivity index (χ1n) is 7.88. The quantitative estimate of drug-likeness (QED) is 0.850. The zero-order valence-corrected chi connectivity index (χ0v) is 13.9. The van der Waals surface area contributed by atoms with Gasteiger partial charge in [-0.3, -0.25) is 0 Å². The topological polar surface area (TPSA) is 34.0 Å². The molecule has 0 saturated heterocycles. The molecule has 1 atom stereocenters. The van der Waals surface area contributed by atoms with Crippen molar-refractivity contribution in [1.29, 1.82) is 0 Å². The molecule has 0 amide bonds. The first-order valence-corrected chi connectivity index (χ1v) is 7.88. The van der Waals surface area contributed by atoms with Crippen LogP contribution in [0.25, 0.3) is 5.57 Å². The van der Waals surface area contributed by atoms with E-state index in [4.69, 9.17) is 0 Å². The highest BCUT2D eigenvalue weighted by molar-refractivity contribution is 5.78. The molecule has 0 spiro atoms. The molecule has 0 radical (unpaired) electrons.